The van der Waals surface area contributed by atoms with E-state index in [4.69, 9.17) is 0 Å². The van der Waals surface area contributed by atoms with Crippen LogP contribution < -0.4 is 14.9 Å². The minimum atomic E-state index is -4.03. The standard InChI is InChI=1S/C26H28F2N4O3S/c1-2-31-13-15-32(16-14-31)25-12-5-20(26(33)29-18-19-3-6-21(27)7-4-19)17-24(25)30-36(34,35)23-10-8-22(28)9-11-23/h3-12,17,30H,2,13-16,18H2,1H3,(H,29,33). The van der Waals surface area contributed by atoms with Crippen LogP contribution in [0.3, 0.4) is 0 Å². The lowest BCUT2D eigenvalue weighted by molar-refractivity contribution is 0.0951. The van der Waals surface area contributed by atoms with Crippen LogP contribution in [0.25, 0.3) is 0 Å². The Morgan fingerprint density at radius 1 is 0.889 bits per heavy atom. The SMILES string of the molecule is CCN1CCN(c2ccc(C(=O)NCc3ccc(F)cc3)cc2NS(=O)(=O)c2ccc(F)cc2)CC1. The Labute approximate surface area is 209 Å². The van der Waals surface area contributed by atoms with Crippen LogP contribution >= 0.6 is 0 Å². The Morgan fingerprint density at radius 3 is 2.11 bits per heavy atom. The van der Waals surface area contributed by atoms with Gasteiger partial charge in [0.05, 0.1) is 16.3 Å². The number of piperazine rings is 1. The number of sulfonamides is 1. The molecule has 3 aromatic carbocycles. The predicted molar refractivity (Wildman–Crippen MR) is 136 cm³/mol. The summed E-state index contributed by atoms with van der Waals surface area (Å²) in [5.41, 5.74) is 1.92. The fourth-order valence-electron chi connectivity index (χ4n) is 4.04. The first-order valence-electron chi connectivity index (χ1n) is 11.7. The second-order valence-corrected chi connectivity index (χ2v) is 10.2. The van der Waals surface area contributed by atoms with E-state index in [-0.39, 0.29) is 28.5 Å². The van der Waals surface area contributed by atoms with Crippen molar-refractivity contribution in [3.05, 3.63) is 89.5 Å². The Balaban J connectivity index is 1.60. The molecule has 1 heterocycles. The largest absolute Gasteiger partial charge is 0.367 e. The highest BCUT2D eigenvalue weighted by molar-refractivity contribution is 7.92. The molecule has 10 heteroatoms. The summed E-state index contributed by atoms with van der Waals surface area (Å²) in [6.45, 7) is 6.30. The molecular formula is C26H28F2N4O3S. The lowest BCUT2D eigenvalue weighted by atomic mass is 10.1. The lowest BCUT2D eigenvalue weighted by Gasteiger charge is -2.36. The van der Waals surface area contributed by atoms with Crippen molar-refractivity contribution >= 4 is 27.3 Å². The summed E-state index contributed by atoms with van der Waals surface area (Å²) >= 11 is 0. The zero-order valence-corrected chi connectivity index (χ0v) is 20.7. The monoisotopic (exact) mass is 514 g/mol. The highest BCUT2D eigenvalue weighted by Crippen LogP contribution is 2.30. The number of halogens is 2. The van der Waals surface area contributed by atoms with E-state index in [1.54, 1.807) is 24.3 Å². The molecule has 4 rings (SSSR count). The number of rotatable bonds is 8. The zero-order valence-electron chi connectivity index (χ0n) is 19.9. The molecule has 0 atom stereocenters. The molecule has 0 bridgehead atoms. The number of carbonyl (C=O) groups is 1. The van der Waals surface area contributed by atoms with E-state index in [2.05, 4.69) is 26.8 Å². The van der Waals surface area contributed by atoms with Gasteiger partial charge in [0, 0.05) is 38.3 Å². The maximum absolute atomic E-state index is 13.3. The number of likely N-dealkylation sites (N-methyl/N-ethyl adjacent to an activating group) is 1. The van der Waals surface area contributed by atoms with Crippen molar-refractivity contribution in [1.82, 2.24) is 10.2 Å². The summed E-state index contributed by atoms with van der Waals surface area (Å²) in [6.07, 6.45) is 0. The maximum atomic E-state index is 13.3. The molecule has 0 radical (unpaired) electrons. The van der Waals surface area contributed by atoms with Gasteiger partial charge in [-0.15, -0.1) is 0 Å². The molecule has 7 nitrogen and oxygen atoms in total. The topological polar surface area (TPSA) is 81.8 Å². The molecule has 0 spiro atoms. The molecule has 0 aliphatic carbocycles. The molecule has 3 aromatic rings. The van der Waals surface area contributed by atoms with E-state index in [9.17, 15) is 22.0 Å². The summed E-state index contributed by atoms with van der Waals surface area (Å²) < 4.78 is 55.2. The molecule has 36 heavy (non-hydrogen) atoms. The fourth-order valence-corrected chi connectivity index (χ4v) is 5.11. The van der Waals surface area contributed by atoms with Crippen molar-refractivity contribution in [2.75, 3.05) is 42.3 Å². The molecule has 1 aliphatic heterocycles. The lowest BCUT2D eigenvalue weighted by Crippen LogP contribution is -2.46. The average molecular weight is 515 g/mol. The van der Waals surface area contributed by atoms with Gasteiger partial charge in [-0.05, 0) is 66.7 Å². The summed E-state index contributed by atoms with van der Waals surface area (Å²) in [5.74, 6) is -1.30. The van der Waals surface area contributed by atoms with Crippen LogP contribution in [0.4, 0.5) is 20.2 Å². The summed E-state index contributed by atoms with van der Waals surface area (Å²) in [5, 5.41) is 2.77. The van der Waals surface area contributed by atoms with Gasteiger partial charge in [0.2, 0.25) is 0 Å². The van der Waals surface area contributed by atoms with Crippen LogP contribution in [0.5, 0.6) is 0 Å². The van der Waals surface area contributed by atoms with Crippen molar-refractivity contribution in [1.29, 1.82) is 0 Å². The molecule has 1 saturated heterocycles. The molecule has 0 saturated carbocycles. The Hall–Kier alpha value is -3.50. The van der Waals surface area contributed by atoms with E-state index in [0.29, 0.717) is 18.8 Å². The van der Waals surface area contributed by atoms with E-state index in [0.717, 1.165) is 37.3 Å². The van der Waals surface area contributed by atoms with Crippen molar-refractivity contribution < 1.29 is 22.0 Å². The van der Waals surface area contributed by atoms with Crippen LogP contribution in [0.1, 0.15) is 22.8 Å². The van der Waals surface area contributed by atoms with Crippen molar-refractivity contribution in [2.24, 2.45) is 0 Å². The summed E-state index contributed by atoms with van der Waals surface area (Å²) in [4.78, 5) is 17.1. The van der Waals surface area contributed by atoms with Crippen molar-refractivity contribution in [3.8, 4) is 0 Å². The Bertz CT molecular complexity index is 1310. The number of nitrogens with zero attached hydrogens (tertiary/aromatic N) is 2. The summed E-state index contributed by atoms with van der Waals surface area (Å²) in [6, 6.07) is 15.2. The van der Waals surface area contributed by atoms with Crippen LogP contribution in [0.15, 0.2) is 71.6 Å². The van der Waals surface area contributed by atoms with E-state index >= 15 is 0 Å². The third-order valence-corrected chi connectivity index (χ3v) is 7.53. The normalized spacial score (nSPS) is 14.5. The Morgan fingerprint density at radius 2 is 1.50 bits per heavy atom. The first kappa shape index (κ1) is 25.6. The molecule has 0 aromatic heterocycles. The quantitative estimate of drug-likeness (QED) is 0.478. The average Bonchev–Trinajstić information content (AvgIpc) is 2.88. The number of benzene rings is 3. The third kappa shape index (κ3) is 6.19. The number of carbonyl (C=O) groups excluding carboxylic acids is 1. The predicted octanol–water partition coefficient (Wildman–Crippen LogP) is 3.84. The van der Waals surface area contributed by atoms with Gasteiger partial charge < -0.3 is 15.1 Å². The van der Waals surface area contributed by atoms with Crippen LogP contribution in [-0.4, -0.2) is 51.9 Å². The number of hydrogen-bond donors (Lipinski definition) is 2. The minimum Gasteiger partial charge on any atom is -0.367 e. The first-order chi connectivity index (χ1) is 17.2. The molecular weight excluding hydrogens is 486 g/mol. The number of anilines is 2. The van der Waals surface area contributed by atoms with Gasteiger partial charge in [-0.1, -0.05) is 19.1 Å². The van der Waals surface area contributed by atoms with Crippen LogP contribution in [0, 0.1) is 11.6 Å². The van der Waals surface area contributed by atoms with Crippen LogP contribution in [0.2, 0.25) is 0 Å². The number of nitrogens with one attached hydrogen (secondary N) is 2. The van der Waals surface area contributed by atoms with Gasteiger partial charge in [0.25, 0.3) is 15.9 Å². The second kappa shape index (κ2) is 11.0. The second-order valence-electron chi connectivity index (χ2n) is 8.52. The molecule has 190 valence electrons. The van der Waals surface area contributed by atoms with Gasteiger partial charge in [-0.25, -0.2) is 17.2 Å². The maximum Gasteiger partial charge on any atom is 0.261 e. The molecule has 1 fully saturated rings. The van der Waals surface area contributed by atoms with Gasteiger partial charge in [0.1, 0.15) is 11.6 Å². The van der Waals surface area contributed by atoms with E-state index in [1.807, 2.05) is 0 Å². The number of amides is 1. The molecule has 2 N–H and O–H groups in total. The highest BCUT2D eigenvalue weighted by Gasteiger charge is 2.23. The van der Waals surface area contributed by atoms with Gasteiger partial charge in [0.15, 0.2) is 0 Å². The highest BCUT2D eigenvalue weighted by atomic mass is 32.2. The first-order valence-corrected chi connectivity index (χ1v) is 13.2. The van der Waals surface area contributed by atoms with Crippen LogP contribution in [-0.2, 0) is 16.6 Å². The smallest absolute Gasteiger partial charge is 0.261 e. The van der Waals surface area contributed by atoms with E-state index < -0.39 is 21.7 Å². The minimum absolute atomic E-state index is 0.0863. The number of hydrogen-bond acceptors (Lipinski definition) is 5. The van der Waals surface area contributed by atoms with Gasteiger partial charge in [-0.3, -0.25) is 9.52 Å². The Kier molecular flexibility index (Phi) is 7.85. The van der Waals surface area contributed by atoms with Gasteiger partial charge in [-0.2, -0.15) is 0 Å². The molecule has 1 amide bonds. The molecule has 0 unspecified atom stereocenters. The van der Waals surface area contributed by atoms with Gasteiger partial charge >= 0.3 is 0 Å². The molecule has 1 aliphatic rings. The third-order valence-electron chi connectivity index (χ3n) is 6.15. The van der Waals surface area contributed by atoms with E-state index in [1.165, 1.54) is 30.3 Å². The van der Waals surface area contributed by atoms with Crippen molar-refractivity contribution in [2.45, 2.75) is 18.4 Å². The summed E-state index contributed by atoms with van der Waals surface area (Å²) in [7, 11) is -4.03. The fraction of sp³-hybridized carbons (Fsp3) is 0.269. The zero-order chi connectivity index (χ0) is 25.7. The van der Waals surface area contributed by atoms with Crippen molar-refractivity contribution in [3.63, 3.8) is 0 Å².